The van der Waals surface area contributed by atoms with E-state index in [0.717, 1.165) is 38.5 Å². The minimum absolute atomic E-state index is 0.0880. The molecule has 4 heteroatoms. The van der Waals surface area contributed by atoms with Gasteiger partial charge >= 0.3 is 5.97 Å². The van der Waals surface area contributed by atoms with Crippen LogP contribution in [-0.2, 0) is 9.59 Å². The number of carboxylic acids is 1. The zero-order valence-electron chi connectivity index (χ0n) is 16.6. The number of allylic oxidation sites excluding steroid dienone is 4. The number of carbonyl (C=O) groups excluding carboxylic acids is 1. The summed E-state index contributed by atoms with van der Waals surface area (Å²) in [7, 11) is 0. The van der Waals surface area contributed by atoms with Gasteiger partial charge < -0.3 is 5.11 Å². The minimum atomic E-state index is -0.686. The summed E-state index contributed by atoms with van der Waals surface area (Å²) in [5, 5.41) is 9.19. The van der Waals surface area contributed by atoms with Crippen molar-refractivity contribution in [1.29, 1.82) is 0 Å². The summed E-state index contributed by atoms with van der Waals surface area (Å²) in [5.74, 6) is 1.38. The zero-order chi connectivity index (χ0) is 19.6. The number of fused-ring (bicyclic) bond motifs is 5. The number of hydrogen-bond donors (Lipinski definition) is 1. The number of aliphatic carboxylic acids is 1. The highest BCUT2D eigenvalue weighted by atomic mass is 35.5. The maximum absolute atomic E-state index is 11.9. The summed E-state index contributed by atoms with van der Waals surface area (Å²) in [6.07, 6.45) is 11.8. The van der Waals surface area contributed by atoms with Crippen molar-refractivity contribution in [2.45, 2.75) is 70.6 Å². The molecule has 0 aliphatic heterocycles. The largest absolute Gasteiger partial charge is 0.481 e. The summed E-state index contributed by atoms with van der Waals surface area (Å²) in [4.78, 5) is 22.8. The van der Waals surface area contributed by atoms with Crippen molar-refractivity contribution < 1.29 is 14.7 Å². The highest BCUT2D eigenvalue weighted by Gasteiger charge is 2.65. The predicted octanol–water partition coefficient (Wildman–Crippen LogP) is 5.38. The highest BCUT2D eigenvalue weighted by molar-refractivity contribution is 6.25. The first-order valence-electron chi connectivity index (χ1n) is 10.5. The molecule has 7 atom stereocenters. The predicted molar refractivity (Wildman–Crippen MR) is 107 cm³/mol. The monoisotopic (exact) mass is 390 g/mol. The van der Waals surface area contributed by atoms with E-state index in [0.29, 0.717) is 23.7 Å². The van der Waals surface area contributed by atoms with E-state index in [1.807, 2.05) is 6.08 Å². The molecular weight excluding hydrogens is 360 g/mol. The first-order valence-corrected chi connectivity index (χ1v) is 10.8. The first kappa shape index (κ1) is 19.2. The second-order valence-electron chi connectivity index (χ2n) is 9.98. The van der Waals surface area contributed by atoms with Gasteiger partial charge in [-0.25, -0.2) is 0 Å². The Kier molecular flexibility index (Phi) is 4.42. The van der Waals surface area contributed by atoms with Crippen LogP contribution < -0.4 is 0 Å². The van der Waals surface area contributed by atoms with Gasteiger partial charge in [0.1, 0.15) is 0 Å². The molecule has 0 saturated heterocycles. The molecule has 0 radical (unpaired) electrons. The van der Waals surface area contributed by atoms with Crippen LogP contribution in [0.15, 0.2) is 23.8 Å². The van der Waals surface area contributed by atoms with Crippen molar-refractivity contribution in [2.24, 2.45) is 34.5 Å². The van der Waals surface area contributed by atoms with Crippen LogP contribution in [0.2, 0.25) is 0 Å². The Balaban J connectivity index is 1.67. The van der Waals surface area contributed by atoms with Gasteiger partial charge in [0.05, 0.1) is 4.87 Å². The van der Waals surface area contributed by atoms with Crippen LogP contribution >= 0.6 is 11.6 Å². The van der Waals surface area contributed by atoms with Crippen LogP contribution in [0.5, 0.6) is 0 Å². The highest BCUT2D eigenvalue weighted by Crippen LogP contribution is 2.70. The molecule has 3 saturated carbocycles. The number of carbonyl (C=O) groups is 2. The zero-order valence-corrected chi connectivity index (χ0v) is 17.4. The van der Waals surface area contributed by atoms with Crippen molar-refractivity contribution in [1.82, 2.24) is 0 Å². The van der Waals surface area contributed by atoms with Crippen molar-refractivity contribution in [2.75, 3.05) is 0 Å². The average molecular weight is 391 g/mol. The molecule has 0 amide bonds. The van der Waals surface area contributed by atoms with E-state index in [4.69, 9.17) is 11.6 Å². The maximum Gasteiger partial charge on any atom is 0.303 e. The SMILES string of the molecule is CC1CC2C3CCC4=CC(=O)C=CC4(C)C3(Cl)CCC2(C)C1CCC(=O)O. The Morgan fingerprint density at radius 1 is 1.30 bits per heavy atom. The number of halogens is 1. The fourth-order valence-electron chi connectivity index (χ4n) is 7.45. The number of hydrogen-bond acceptors (Lipinski definition) is 2. The fourth-order valence-corrected chi connectivity index (χ4v) is 7.99. The number of carboxylic acid groups (broad SMARTS) is 1. The summed E-state index contributed by atoms with van der Waals surface area (Å²) < 4.78 is 0. The van der Waals surface area contributed by atoms with Crippen LogP contribution in [0.4, 0.5) is 0 Å². The number of ketones is 1. The van der Waals surface area contributed by atoms with Gasteiger partial charge in [0.15, 0.2) is 5.78 Å². The van der Waals surface area contributed by atoms with Gasteiger partial charge in [0.2, 0.25) is 0 Å². The minimum Gasteiger partial charge on any atom is -0.481 e. The normalized spacial score (nSPS) is 48.4. The van der Waals surface area contributed by atoms with Gasteiger partial charge in [-0.15, -0.1) is 11.6 Å². The lowest BCUT2D eigenvalue weighted by atomic mass is 9.47. The molecule has 3 fully saturated rings. The molecule has 148 valence electrons. The van der Waals surface area contributed by atoms with E-state index in [9.17, 15) is 14.7 Å². The molecule has 4 rings (SSSR count). The van der Waals surface area contributed by atoms with E-state index in [-0.39, 0.29) is 27.9 Å². The molecule has 27 heavy (non-hydrogen) atoms. The average Bonchev–Trinajstić information content (AvgIpc) is 2.85. The van der Waals surface area contributed by atoms with Crippen LogP contribution in [0.3, 0.4) is 0 Å². The maximum atomic E-state index is 11.9. The quantitative estimate of drug-likeness (QED) is 0.658. The molecular formula is C23H31ClO3. The van der Waals surface area contributed by atoms with Crippen LogP contribution in [-0.4, -0.2) is 21.7 Å². The summed E-state index contributed by atoms with van der Waals surface area (Å²) in [5.41, 5.74) is 1.15. The smallest absolute Gasteiger partial charge is 0.303 e. The van der Waals surface area contributed by atoms with Crippen molar-refractivity contribution in [3.8, 4) is 0 Å². The second kappa shape index (κ2) is 6.20. The molecule has 7 unspecified atom stereocenters. The van der Waals surface area contributed by atoms with Gasteiger partial charge in [-0.05, 0) is 79.8 Å². The van der Waals surface area contributed by atoms with E-state index in [2.05, 4.69) is 26.8 Å². The van der Waals surface area contributed by atoms with Crippen LogP contribution in [0.1, 0.15) is 65.7 Å². The molecule has 0 bridgehead atoms. The van der Waals surface area contributed by atoms with Crippen molar-refractivity contribution in [3.63, 3.8) is 0 Å². The fraction of sp³-hybridized carbons (Fsp3) is 0.739. The molecule has 1 N–H and O–H groups in total. The summed E-state index contributed by atoms with van der Waals surface area (Å²) in [6, 6.07) is 0. The lowest BCUT2D eigenvalue weighted by Gasteiger charge is -2.61. The Hall–Kier alpha value is -1.09. The van der Waals surface area contributed by atoms with Crippen LogP contribution in [0, 0.1) is 34.5 Å². The van der Waals surface area contributed by atoms with Gasteiger partial charge in [-0.3, -0.25) is 9.59 Å². The molecule has 0 aromatic heterocycles. The summed E-state index contributed by atoms with van der Waals surface area (Å²) in [6.45, 7) is 6.93. The first-order chi connectivity index (χ1) is 12.6. The molecule has 4 aliphatic carbocycles. The van der Waals surface area contributed by atoms with Crippen LogP contribution in [0.25, 0.3) is 0 Å². The van der Waals surface area contributed by atoms with Gasteiger partial charge in [-0.2, -0.15) is 0 Å². The Morgan fingerprint density at radius 3 is 2.74 bits per heavy atom. The lowest BCUT2D eigenvalue weighted by Crippen LogP contribution is -2.59. The molecule has 0 spiro atoms. The standard InChI is InChI=1S/C23H31ClO3/c1-14-12-19-18-5-4-15-13-16(25)8-9-22(15,3)23(18,24)11-10-21(19,2)17(14)6-7-20(26)27/h8-9,13-14,17-19H,4-7,10-12H2,1-3H3,(H,26,27). The molecule has 0 heterocycles. The van der Waals surface area contributed by atoms with Crippen molar-refractivity contribution >= 4 is 23.4 Å². The Morgan fingerprint density at radius 2 is 2.04 bits per heavy atom. The lowest BCUT2D eigenvalue weighted by molar-refractivity contribution is -0.137. The molecule has 4 aliphatic rings. The molecule has 0 aromatic rings. The third-order valence-corrected chi connectivity index (χ3v) is 9.79. The Labute approximate surface area is 167 Å². The third kappa shape index (κ3) is 2.60. The second-order valence-corrected chi connectivity index (χ2v) is 10.7. The third-order valence-electron chi connectivity index (χ3n) is 8.93. The van der Waals surface area contributed by atoms with E-state index < -0.39 is 5.97 Å². The van der Waals surface area contributed by atoms with Gasteiger partial charge in [0, 0.05) is 11.8 Å². The molecule has 3 nitrogen and oxygen atoms in total. The molecule has 0 aromatic carbocycles. The number of rotatable bonds is 3. The van der Waals surface area contributed by atoms with Crippen molar-refractivity contribution in [3.05, 3.63) is 23.8 Å². The Bertz CT molecular complexity index is 740. The van der Waals surface area contributed by atoms with E-state index in [1.54, 1.807) is 6.08 Å². The van der Waals surface area contributed by atoms with E-state index in [1.165, 1.54) is 5.57 Å². The number of alkyl halides is 1. The van der Waals surface area contributed by atoms with Gasteiger partial charge in [-0.1, -0.05) is 32.4 Å². The van der Waals surface area contributed by atoms with Gasteiger partial charge in [0.25, 0.3) is 0 Å². The summed E-state index contributed by atoms with van der Waals surface area (Å²) >= 11 is 7.49. The topological polar surface area (TPSA) is 54.4 Å². The van der Waals surface area contributed by atoms with E-state index >= 15 is 0 Å².